The Morgan fingerprint density at radius 2 is 2.38 bits per heavy atom. The average Bonchev–Trinajstić information content (AvgIpc) is 2.75. The molecule has 2 heterocycles. The Morgan fingerprint density at radius 3 is 2.94 bits per heavy atom. The monoisotopic (exact) mass is 240 g/mol. The summed E-state index contributed by atoms with van der Waals surface area (Å²) < 4.78 is 0. The van der Waals surface area contributed by atoms with Crippen molar-refractivity contribution in [3.63, 3.8) is 0 Å². The van der Waals surface area contributed by atoms with Gasteiger partial charge >= 0.3 is 5.97 Å². The molecule has 5 heteroatoms. The Morgan fingerprint density at radius 1 is 1.62 bits per heavy atom. The number of aryl methyl sites for hydroxylation is 2. The van der Waals surface area contributed by atoms with Gasteiger partial charge in [0.05, 0.1) is 12.2 Å². The van der Waals surface area contributed by atoms with E-state index in [9.17, 15) is 4.79 Å². The highest BCUT2D eigenvalue weighted by Crippen LogP contribution is 2.23. The van der Waals surface area contributed by atoms with E-state index in [-0.39, 0.29) is 6.04 Å². The van der Waals surface area contributed by atoms with Crippen molar-refractivity contribution in [3.05, 3.63) is 15.6 Å². The second kappa shape index (κ2) is 4.51. The molecule has 0 radical (unpaired) electrons. The second-order valence-electron chi connectivity index (χ2n) is 4.22. The highest BCUT2D eigenvalue weighted by Gasteiger charge is 2.30. The summed E-state index contributed by atoms with van der Waals surface area (Å²) in [6, 6.07) is -0.315. The molecule has 1 aromatic heterocycles. The van der Waals surface area contributed by atoms with Crippen LogP contribution in [0.4, 0.5) is 0 Å². The summed E-state index contributed by atoms with van der Waals surface area (Å²) in [6.07, 6.45) is 1.74. The maximum absolute atomic E-state index is 11.0. The predicted molar refractivity (Wildman–Crippen MR) is 62.7 cm³/mol. The fourth-order valence-electron chi connectivity index (χ4n) is 2.08. The third kappa shape index (κ3) is 2.25. The molecule has 1 saturated heterocycles. The van der Waals surface area contributed by atoms with Crippen LogP contribution in [0.25, 0.3) is 0 Å². The molecule has 1 unspecified atom stereocenters. The molecule has 0 spiro atoms. The van der Waals surface area contributed by atoms with Gasteiger partial charge < -0.3 is 5.11 Å². The molecular formula is C11H16N2O2S. The number of hydrogen-bond acceptors (Lipinski definition) is 4. The number of aromatic nitrogens is 1. The fraction of sp³-hybridized carbons (Fsp3) is 0.636. The molecule has 0 bridgehead atoms. The Hall–Kier alpha value is -0.940. The lowest BCUT2D eigenvalue weighted by Gasteiger charge is -2.19. The molecule has 1 atom stereocenters. The SMILES string of the molecule is Cc1nc(CN2CCCC2C(=O)O)sc1C. The van der Waals surface area contributed by atoms with E-state index >= 15 is 0 Å². The molecule has 0 aliphatic carbocycles. The van der Waals surface area contributed by atoms with Crippen LogP contribution in [0.15, 0.2) is 0 Å². The van der Waals surface area contributed by atoms with Crippen molar-refractivity contribution in [3.8, 4) is 0 Å². The molecule has 16 heavy (non-hydrogen) atoms. The van der Waals surface area contributed by atoms with Crippen molar-refractivity contribution < 1.29 is 9.90 Å². The van der Waals surface area contributed by atoms with Gasteiger partial charge in [-0.1, -0.05) is 0 Å². The Bertz CT molecular complexity index is 383. The largest absolute Gasteiger partial charge is 0.480 e. The van der Waals surface area contributed by atoms with Crippen LogP contribution in [0.1, 0.15) is 28.4 Å². The summed E-state index contributed by atoms with van der Waals surface area (Å²) in [5.41, 5.74) is 1.06. The lowest BCUT2D eigenvalue weighted by Crippen LogP contribution is -2.35. The van der Waals surface area contributed by atoms with E-state index in [1.54, 1.807) is 11.3 Å². The summed E-state index contributed by atoms with van der Waals surface area (Å²) in [7, 11) is 0. The molecule has 1 aromatic rings. The van der Waals surface area contributed by atoms with E-state index in [2.05, 4.69) is 11.9 Å². The number of hydrogen-bond donors (Lipinski definition) is 1. The first-order chi connectivity index (χ1) is 7.58. The molecular weight excluding hydrogens is 224 g/mol. The number of carboxylic acids is 1. The molecule has 1 N–H and O–H groups in total. The zero-order valence-corrected chi connectivity index (χ0v) is 10.4. The van der Waals surface area contributed by atoms with Crippen LogP contribution in [0.2, 0.25) is 0 Å². The van der Waals surface area contributed by atoms with Gasteiger partial charge in [0.2, 0.25) is 0 Å². The van der Waals surface area contributed by atoms with E-state index in [1.807, 2.05) is 11.8 Å². The maximum Gasteiger partial charge on any atom is 0.320 e. The van der Waals surface area contributed by atoms with Gasteiger partial charge in [-0.05, 0) is 33.2 Å². The first kappa shape index (κ1) is 11.5. The van der Waals surface area contributed by atoms with E-state index in [1.165, 1.54) is 4.88 Å². The first-order valence-corrected chi connectivity index (χ1v) is 6.29. The zero-order valence-electron chi connectivity index (χ0n) is 9.56. The van der Waals surface area contributed by atoms with Gasteiger partial charge in [-0.25, -0.2) is 4.98 Å². The summed E-state index contributed by atoms with van der Waals surface area (Å²) in [5.74, 6) is -0.706. The lowest BCUT2D eigenvalue weighted by atomic mass is 10.2. The third-order valence-corrected chi connectivity index (χ3v) is 4.12. The van der Waals surface area contributed by atoms with Gasteiger partial charge in [-0.2, -0.15) is 0 Å². The van der Waals surface area contributed by atoms with Crippen molar-refractivity contribution in [2.45, 2.75) is 39.3 Å². The van der Waals surface area contributed by atoms with Gasteiger partial charge in [0, 0.05) is 4.88 Å². The van der Waals surface area contributed by atoms with Crippen LogP contribution >= 0.6 is 11.3 Å². The van der Waals surface area contributed by atoms with E-state index in [0.29, 0.717) is 6.54 Å². The smallest absolute Gasteiger partial charge is 0.320 e. The van der Waals surface area contributed by atoms with Crippen LogP contribution < -0.4 is 0 Å². The second-order valence-corrected chi connectivity index (χ2v) is 5.50. The fourth-order valence-corrected chi connectivity index (χ4v) is 3.04. The topological polar surface area (TPSA) is 53.4 Å². The van der Waals surface area contributed by atoms with Gasteiger partial charge in [0.1, 0.15) is 11.0 Å². The minimum atomic E-state index is -0.706. The van der Waals surface area contributed by atoms with E-state index < -0.39 is 5.97 Å². The van der Waals surface area contributed by atoms with Gasteiger partial charge in [-0.3, -0.25) is 9.69 Å². The van der Waals surface area contributed by atoms with Crippen molar-refractivity contribution in [1.82, 2.24) is 9.88 Å². The average molecular weight is 240 g/mol. The van der Waals surface area contributed by atoms with Crippen LogP contribution in [-0.4, -0.2) is 33.5 Å². The normalized spacial score (nSPS) is 21.5. The summed E-state index contributed by atoms with van der Waals surface area (Å²) in [6.45, 7) is 5.59. The highest BCUT2D eigenvalue weighted by atomic mass is 32.1. The Labute approximate surface area is 98.9 Å². The Balaban J connectivity index is 2.06. The molecule has 1 fully saturated rings. The number of thiazole rings is 1. The number of nitrogens with zero attached hydrogens (tertiary/aromatic N) is 2. The molecule has 1 aliphatic rings. The van der Waals surface area contributed by atoms with Crippen LogP contribution in [-0.2, 0) is 11.3 Å². The maximum atomic E-state index is 11.0. The number of carboxylic acid groups (broad SMARTS) is 1. The first-order valence-electron chi connectivity index (χ1n) is 5.47. The summed E-state index contributed by atoms with van der Waals surface area (Å²) in [4.78, 5) is 18.7. The zero-order chi connectivity index (χ0) is 11.7. The molecule has 88 valence electrons. The number of aliphatic carboxylic acids is 1. The Kier molecular flexibility index (Phi) is 3.25. The van der Waals surface area contributed by atoms with Gasteiger partial charge in [0.25, 0.3) is 0 Å². The van der Waals surface area contributed by atoms with Crippen molar-refractivity contribution in [1.29, 1.82) is 0 Å². The van der Waals surface area contributed by atoms with Crippen molar-refractivity contribution in [2.24, 2.45) is 0 Å². The van der Waals surface area contributed by atoms with Gasteiger partial charge in [0.15, 0.2) is 0 Å². The summed E-state index contributed by atoms with van der Waals surface area (Å²) >= 11 is 1.67. The third-order valence-electron chi connectivity index (χ3n) is 3.06. The number of carbonyl (C=O) groups is 1. The minimum absolute atomic E-state index is 0.315. The highest BCUT2D eigenvalue weighted by molar-refractivity contribution is 7.11. The number of rotatable bonds is 3. The molecule has 4 nitrogen and oxygen atoms in total. The standard InChI is InChI=1S/C11H16N2O2S/c1-7-8(2)16-10(12-7)6-13-5-3-4-9(13)11(14)15/h9H,3-6H2,1-2H3,(H,14,15). The van der Waals surface area contributed by atoms with Crippen LogP contribution in [0, 0.1) is 13.8 Å². The van der Waals surface area contributed by atoms with Crippen molar-refractivity contribution in [2.75, 3.05) is 6.54 Å². The lowest BCUT2D eigenvalue weighted by molar-refractivity contribution is -0.142. The molecule has 0 aromatic carbocycles. The molecule has 0 saturated carbocycles. The van der Waals surface area contributed by atoms with Gasteiger partial charge in [-0.15, -0.1) is 11.3 Å². The van der Waals surface area contributed by atoms with Crippen molar-refractivity contribution >= 4 is 17.3 Å². The van der Waals surface area contributed by atoms with Crippen LogP contribution in [0.3, 0.4) is 0 Å². The quantitative estimate of drug-likeness (QED) is 0.875. The minimum Gasteiger partial charge on any atom is -0.480 e. The predicted octanol–water partition coefficient (Wildman–Crippen LogP) is 1.81. The van der Waals surface area contributed by atoms with E-state index in [4.69, 9.17) is 5.11 Å². The molecule has 0 amide bonds. The van der Waals surface area contributed by atoms with E-state index in [0.717, 1.165) is 30.1 Å². The molecule has 1 aliphatic heterocycles. The molecule has 2 rings (SSSR count). The van der Waals surface area contributed by atoms with Crippen LogP contribution in [0.5, 0.6) is 0 Å². The number of likely N-dealkylation sites (tertiary alicyclic amines) is 1. The summed E-state index contributed by atoms with van der Waals surface area (Å²) in [5, 5.41) is 10.1.